The van der Waals surface area contributed by atoms with E-state index < -0.39 is 0 Å². The second kappa shape index (κ2) is 6.78. The van der Waals surface area contributed by atoms with Gasteiger partial charge in [0.1, 0.15) is 5.75 Å². The van der Waals surface area contributed by atoms with Crippen LogP contribution in [0.2, 0.25) is 0 Å². The summed E-state index contributed by atoms with van der Waals surface area (Å²) in [6, 6.07) is 9.47. The first-order valence-electron chi connectivity index (χ1n) is 6.31. The molecule has 1 aromatic rings. The minimum atomic E-state index is 0.0934. The monoisotopic (exact) mass is 311 g/mol. The number of amides is 1. The summed E-state index contributed by atoms with van der Waals surface area (Å²) in [5.74, 6) is 1.49. The lowest BCUT2D eigenvalue weighted by Crippen LogP contribution is -2.33. The third kappa shape index (κ3) is 3.73. The van der Waals surface area contributed by atoms with Gasteiger partial charge in [0.2, 0.25) is 0 Å². The van der Waals surface area contributed by atoms with Crippen molar-refractivity contribution in [2.24, 2.45) is 5.92 Å². The molecule has 0 aromatic heterocycles. The van der Waals surface area contributed by atoms with Crippen molar-refractivity contribution in [1.82, 2.24) is 4.90 Å². The highest BCUT2D eigenvalue weighted by Crippen LogP contribution is 2.20. The quantitative estimate of drug-likeness (QED) is 0.783. The van der Waals surface area contributed by atoms with Crippen molar-refractivity contribution in [1.29, 1.82) is 0 Å². The van der Waals surface area contributed by atoms with Crippen LogP contribution in [-0.2, 0) is 4.79 Å². The van der Waals surface area contributed by atoms with Gasteiger partial charge in [0, 0.05) is 18.4 Å². The second-order valence-electron chi connectivity index (χ2n) is 4.57. The molecule has 1 unspecified atom stereocenters. The lowest BCUT2D eigenvalue weighted by molar-refractivity contribution is -0.132. The van der Waals surface area contributed by atoms with Crippen LogP contribution in [0, 0.1) is 5.92 Å². The van der Waals surface area contributed by atoms with E-state index in [1.54, 1.807) is 0 Å². The first-order valence-corrected chi connectivity index (χ1v) is 7.43. The molecule has 1 heterocycles. The largest absolute Gasteiger partial charge is 0.484 e. The maximum atomic E-state index is 12.0. The van der Waals surface area contributed by atoms with E-state index in [9.17, 15) is 4.79 Å². The van der Waals surface area contributed by atoms with Gasteiger partial charge in [-0.3, -0.25) is 4.79 Å². The molecule has 0 aliphatic carbocycles. The molecule has 0 N–H and O–H groups in total. The molecule has 3 nitrogen and oxygen atoms in total. The van der Waals surface area contributed by atoms with Crippen molar-refractivity contribution >= 4 is 21.8 Å². The molecular formula is C14H18BrNO2. The Labute approximate surface area is 116 Å². The van der Waals surface area contributed by atoms with Crippen LogP contribution in [0.4, 0.5) is 0 Å². The average Bonchev–Trinajstić information content (AvgIpc) is 2.86. The van der Waals surface area contributed by atoms with Gasteiger partial charge in [-0.15, -0.1) is 0 Å². The Bertz CT molecular complexity index is 383. The van der Waals surface area contributed by atoms with E-state index in [4.69, 9.17) is 4.74 Å². The predicted molar refractivity (Wildman–Crippen MR) is 75.0 cm³/mol. The molecular weight excluding hydrogens is 294 g/mol. The van der Waals surface area contributed by atoms with Crippen LogP contribution in [-0.4, -0.2) is 35.8 Å². The highest BCUT2D eigenvalue weighted by molar-refractivity contribution is 9.09. The van der Waals surface area contributed by atoms with Crippen LogP contribution in [0.15, 0.2) is 30.3 Å². The van der Waals surface area contributed by atoms with Crippen LogP contribution >= 0.6 is 15.9 Å². The smallest absolute Gasteiger partial charge is 0.260 e. The van der Waals surface area contributed by atoms with Crippen molar-refractivity contribution in [3.8, 4) is 5.75 Å². The second-order valence-corrected chi connectivity index (χ2v) is 5.37. The first-order chi connectivity index (χ1) is 8.79. The number of para-hydroxylation sites is 1. The standard InChI is InChI=1S/C14H18BrNO2/c15-8-6-12-7-9-16(10-12)14(17)11-18-13-4-2-1-3-5-13/h1-5,12H,6-11H2. The predicted octanol–water partition coefficient (Wildman–Crippen LogP) is 2.70. The van der Waals surface area contributed by atoms with E-state index >= 15 is 0 Å². The summed E-state index contributed by atoms with van der Waals surface area (Å²) in [7, 11) is 0. The van der Waals surface area contributed by atoms with E-state index in [0.717, 1.165) is 37.0 Å². The Hall–Kier alpha value is -1.03. The maximum absolute atomic E-state index is 12.0. The first kappa shape index (κ1) is 13.4. The van der Waals surface area contributed by atoms with E-state index in [1.807, 2.05) is 35.2 Å². The summed E-state index contributed by atoms with van der Waals surface area (Å²) in [5.41, 5.74) is 0. The van der Waals surface area contributed by atoms with Gasteiger partial charge in [-0.25, -0.2) is 0 Å². The molecule has 1 aliphatic heterocycles. The Morgan fingerprint density at radius 3 is 2.89 bits per heavy atom. The zero-order valence-electron chi connectivity index (χ0n) is 10.3. The van der Waals surface area contributed by atoms with Crippen LogP contribution < -0.4 is 4.74 Å². The van der Waals surface area contributed by atoms with E-state index in [0.29, 0.717) is 5.92 Å². The number of likely N-dealkylation sites (tertiary alicyclic amines) is 1. The summed E-state index contributed by atoms with van der Waals surface area (Å²) in [6.45, 7) is 1.89. The summed E-state index contributed by atoms with van der Waals surface area (Å²) in [5, 5.41) is 1.01. The third-order valence-corrected chi connectivity index (χ3v) is 3.72. The molecule has 18 heavy (non-hydrogen) atoms. The topological polar surface area (TPSA) is 29.5 Å². The molecule has 0 spiro atoms. The molecule has 1 atom stereocenters. The molecule has 0 radical (unpaired) electrons. The van der Waals surface area contributed by atoms with Crippen molar-refractivity contribution < 1.29 is 9.53 Å². The van der Waals surface area contributed by atoms with E-state index in [1.165, 1.54) is 0 Å². The van der Waals surface area contributed by atoms with Gasteiger partial charge in [0.25, 0.3) is 5.91 Å². The van der Waals surface area contributed by atoms with Gasteiger partial charge in [-0.05, 0) is 30.9 Å². The number of hydrogen-bond donors (Lipinski definition) is 0. The lowest BCUT2D eigenvalue weighted by Gasteiger charge is -2.16. The van der Waals surface area contributed by atoms with Gasteiger partial charge in [-0.1, -0.05) is 34.1 Å². The Morgan fingerprint density at radius 2 is 2.17 bits per heavy atom. The fourth-order valence-corrected chi connectivity index (χ4v) is 2.85. The minimum Gasteiger partial charge on any atom is -0.484 e. The number of benzene rings is 1. The zero-order chi connectivity index (χ0) is 12.8. The number of rotatable bonds is 5. The van der Waals surface area contributed by atoms with Crippen molar-refractivity contribution in [3.63, 3.8) is 0 Å². The summed E-state index contributed by atoms with van der Waals surface area (Å²) >= 11 is 3.45. The molecule has 1 saturated heterocycles. The molecule has 0 bridgehead atoms. The molecule has 1 aromatic carbocycles. The third-order valence-electron chi connectivity index (χ3n) is 3.26. The number of carbonyl (C=O) groups is 1. The van der Waals surface area contributed by atoms with Crippen molar-refractivity contribution in [2.45, 2.75) is 12.8 Å². The van der Waals surface area contributed by atoms with Crippen LogP contribution in [0.5, 0.6) is 5.75 Å². The number of alkyl halides is 1. The molecule has 98 valence electrons. The van der Waals surface area contributed by atoms with Crippen molar-refractivity contribution in [3.05, 3.63) is 30.3 Å². The van der Waals surface area contributed by atoms with Crippen molar-refractivity contribution in [2.75, 3.05) is 25.0 Å². The van der Waals surface area contributed by atoms with Gasteiger partial charge in [0.15, 0.2) is 6.61 Å². The van der Waals surface area contributed by atoms with Crippen LogP contribution in [0.3, 0.4) is 0 Å². The van der Waals surface area contributed by atoms with Gasteiger partial charge in [-0.2, -0.15) is 0 Å². The molecule has 4 heteroatoms. The maximum Gasteiger partial charge on any atom is 0.260 e. The van der Waals surface area contributed by atoms with E-state index in [-0.39, 0.29) is 12.5 Å². The Morgan fingerprint density at radius 1 is 1.39 bits per heavy atom. The van der Waals surface area contributed by atoms with Crippen LogP contribution in [0.1, 0.15) is 12.8 Å². The lowest BCUT2D eigenvalue weighted by atomic mass is 10.1. The number of carbonyl (C=O) groups excluding carboxylic acids is 1. The van der Waals surface area contributed by atoms with Crippen LogP contribution in [0.25, 0.3) is 0 Å². The zero-order valence-corrected chi connectivity index (χ0v) is 11.9. The fraction of sp³-hybridized carbons (Fsp3) is 0.500. The molecule has 0 saturated carbocycles. The Balaban J connectivity index is 1.76. The average molecular weight is 312 g/mol. The number of nitrogens with zero attached hydrogens (tertiary/aromatic N) is 1. The number of halogens is 1. The number of ether oxygens (including phenoxy) is 1. The van der Waals surface area contributed by atoms with Gasteiger partial charge < -0.3 is 9.64 Å². The highest BCUT2D eigenvalue weighted by Gasteiger charge is 2.25. The van der Waals surface area contributed by atoms with E-state index in [2.05, 4.69) is 15.9 Å². The van der Waals surface area contributed by atoms with Gasteiger partial charge >= 0.3 is 0 Å². The molecule has 2 rings (SSSR count). The Kier molecular flexibility index (Phi) is 5.05. The summed E-state index contributed by atoms with van der Waals surface area (Å²) in [4.78, 5) is 13.9. The summed E-state index contributed by atoms with van der Waals surface area (Å²) in [6.07, 6.45) is 2.26. The fourth-order valence-electron chi connectivity index (χ4n) is 2.20. The SMILES string of the molecule is O=C(COc1ccccc1)N1CCC(CCBr)C1. The molecule has 1 fully saturated rings. The normalized spacial score (nSPS) is 18.9. The highest BCUT2D eigenvalue weighted by atomic mass is 79.9. The number of hydrogen-bond acceptors (Lipinski definition) is 2. The summed E-state index contributed by atoms with van der Waals surface area (Å²) < 4.78 is 5.47. The molecule has 1 aliphatic rings. The van der Waals surface area contributed by atoms with Gasteiger partial charge in [0.05, 0.1) is 0 Å². The minimum absolute atomic E-state index is 0.0934. The molecule has 1 amide bonds.